The Kier molecular flexibility index (Phi) is 2.06. The van der Waals surface area contributed by atoms with Gasteiger partial charge in [-0.25, -0.2) is 9.67 Å². The van der Waals surface area contributed by atoms with Crippen molar-refractivity contribution in [3.63, 3.8) is 0 Å². The minimum absolute atomic E-state index is 0.661. The number of aryl methyl sites for hydroxylation is 2. The molecular weight excluding hydrogens is 246 g/mol. The van der Waals surface area contributed by atoms with Gasteiger partial charge >= 0.3 is 0 Å². The Labute approximate surface area is 110 Å². The first-order valence-corrected chi connectivity index (χ1v) is 7.22. The van der Waals surface area contributed by atoms with E-state index in [-0.39, 0.29) is 0 Å². The van der Waals surface area contributed by atoms with Crippen LogP contribution in [0.15, 0.2) is 0 Å². The molecular formula is C12H17N5S. The number of piperazine rings is 1. The summed E-state index contributed by atoms with van der Waals surface area (Å²) in [6.07, 6.45) is 1.30. The fourth-order valence-electron chi connectivity index (χ4n) is 3.30. The lowest BCUT2D eigenvalue weighted by Gasteiger charge is -2.31. The van der Waals surface area contributed by atoms with Gasteiger partial charge in [-0.2, -0.15) is 5.10 Å². The second kappa shape index (κ2) is 3.45. The third-order valence-electron chi connectivity index (χ3n) is 4.29. The van der Waals surface area contributed by atoms with Crippen LogP contribution in [-0.4, -0.2) is 51.9 Å². The summed E-state index contributed by atoms with van der Waals surface area (Å²) in [6, 6.07) is 1.38. The van der Waals surface area contributed by atoms with Crippen LogP contribution in [-0.2, 0) is 7.05 Å². The van der Waals surface area contributed by atoms with Crippen molar-refractivity contribution in [1.29, 1.82) is 0 Å². The first-order chi connectivity index (χ1) is 8.63. The molecule has 2 aliphatic rings. The number of nitrogens with zero attached hydrogens (tertiary/aromatic N) is 5. The number of hydrogen-bond donors (Lipinski definition) is 0. The Morgan fingerprint density at radius 3 is 2.67 bits per heavy atom. The van der Waals surface area contributed by atoms with Crippen LogP contribution in [0.25, 0.3) is 10.3 Å². The number of anilines is 1. The molecule has 0 radical (unpaired) electrons. The molecule has 4 heterocycles. The Morgan fingerprint density at radius 2 is 2.06 bits per heavy atom. The molecule has 0 unspecified atom stereocenters. The summed E-state index contributed by atoms with van der Waals surface area (Å²) in [4.78, 5) is 9.75. The highest BCUT2D eigenvalue weighted by Crippen LogP contribution is 2.38. The molecule has 2 aromatic rings. The lowest BCUT2D eigenvalue weighted by atomic mass is 10.2. The van der Waals surface area contributed by atoms with Gasteiger partial charge in [-0.3, -0.25) is 4.90 Å². The number of hydrogen-bond acceptors (Lipinski definition) is 5. The van der Waals surface area contributed by atoms with Gasteiger partial charge in [0.25, 0.3) is 0 Å². The molecule has 2 aliphatic heterocycles. The van der Waals surface area contributed by atoms with Crippen molar-refractivity contribution in [2.45, 2.75) is 25.4 Å². The van der Waals surface area contributed by atoms with E-state index in [1.165, 1.54) is 22.8 Å². The van der Waals surface area contributed by atoms with Gasteiger partial charge in [0.2, 0.25) is 0 Å². The molecule has 0 spiro atoms. The quantitative estimate of drug-likeness (QED) is 0.775. The highest BCUT2D eigenvalue weighted by Gasteiger charge is 2.42. The van der Waals surface area contributed by atoms with Gasteiger partial charge in [0.05, 0.1) is 10.4 Å². The highest BCUT2D eigenvalue weighted by atomic mass is 32.1. The van der Waals surface area contributed by atoms with Gasteiger partial charge < -0.3 is 4.90 Å². The molecule has 0 aliphatic carbocycles. The number of likely N-dealkylation sites (N-methyl/N-ethyl adjacent to an activating group) is 1. The maximum Gasteiger partial charge on any atom is 0.188 e. The van der Waals surface area contributed by atoms with Crippen LogP contribution in [0.5, 0.6) is 0 Å². The molecule has 96 valence electrons. The topological polar surface area (TPSA) is 37.2 Å². The molecule has 0 aromatic carbocycles. The lowest BCUT2D eigenvalue weighted by Crippen LogP contribution is -2.44. The second-order valence-electron chi connectivity index (χ2n) is 5.49. The molecule has 4 rings (SSSR count). The van der Waals surface area contributed by atoms with Crippen LogP contribution in [0.1, 0.15) is 12.1 Å². The van der Waals surface area contributed by atoms with E-state index >= 15 is 0 Å². The molecule has 2 aromatic heterocycles. The van der Waals surface area contributed by atoms with Crippen LogP contribution in [0, 0.1) is 6.92 Å². The van der Waals surface area contributed by atoms with E-state index in [9.17, 15) is 0 Å². The van der Waals surface area contributed by atoms with Gasteiger partial charge in [-0.1, -0.05) is 11.3 Å². The summed E-state index contributed by atoms with van der Waals surface area (Å²) in [5.74, 6) is 0. The van der Waals surface area contributed by atoms with Gasteiger partial charge in [0.15, 0.2) is 10.8 Å². The smallest absolute Gasteiger partial charge is 0.188 e. The van der Waals surface area contributed by atoms with Crippen LogP contribution < -0.4 is 4.90 Å². The Bertz CT molecular complexity index is 579. The third-order valence-corrected chi connectivity index (χ3v) is 5.48. The van der Waals surface area contributed by atoms with Crippen molar-refractivity contribution in [1.82, 2.24) is 19.7 Å². The van der Waals surface area contributed by atoms with Crippen LogP contribution in [0.2, 0.25) is 0 Å². The van der Waals surface area contributed by atoms with E-state index in [1.807, 2.05) is 11.7 Å². The average molecular weight is 263 g/mol. The Hall–Kier alpha value is -1.14. The van der Waals surface area contributed by atoms with Crippen molar-refractivity contribution >= 4 is 26.8 Å². The second-order valence-corrected chi connectivity index (χ2v) is 6.47. The predicted octanol–water partition coefficient (Wildman–Crippen LogP) is 1.23. The van der Waals surface area contributed by atoms with E-state index in [1.54, 1.807) is 11.3 Å². The van der Waals surface area contributed by atoms with Gasteiger partial charge in [-0.05, 0) is 20.4 Å². The maximum absolute atomic E-state index is 4.79. The molecule has 0 saturated carbocycles. The summed E-state index contributed by atoms with van der Waals surface area (Å²) in [5.41, 5.74) is 2.13. The lowest BCUT2D eigenvalue weighted by molar-refractivity contribution is 0.292. The number of likely N-dealkylation sites (tertiary alicyclic amines) is 1. The van der Waals surface area contributed by atoms with E-state index in [4.69, 9.17) is 4.98 Å². The Balaban J connectivity index is 1.74. The predicted molar refractivity (Wildman–Crippen MR) is 73.3 cm³/mol. The largest absolute Gasteiger partial charge is 0.342 e. The molecule has 0 N–H and O–H groups in total. The van der Waals surface area contributed by atoms with Gasteiger partial charge in [0, 0.05) is 32.2 Å². The van der Waals surface area contributed by atoms with Gasteiger partial charge in [0.1, 0.15) is 0 Å². The summed E-state index contributed by atoms with van der Waals surface area (Å²) < 4.78 is 3.13. The zero-order valence-corrected chi connectivity index (χ0v) is 11.7. The van der Waals surface area contributed by atoms with Crippen molar-refractivity contribution in [3.8, 4) is 0 Å². The molecule has 2 bridgehead atoms. The van der Waals surface area contributed by atoms with Crippen LogP contribution in [0.3, 0.4) is 0 Å². The van der Waals surface area contributed by atoms with E-state index in [0.29, 0.717) is 6.04 Å². The molecule has 2 saturated heterocycles. The van der Waals surface area contributed by atoms with Crippen molar-refractivity contribution < 1.29 is 0 Å². The minimum Gasteiger partial charge on any atom is -0.342 e. The fraction of sp³-hybridized carbons (Fsp3) is 0.667. The van der Waals surface area contributed by atoms with Gasteiger partial charge in [-0.15, -0.1) is 0 Å². The Morgan fingerprint density at radius 1 is 1.22 bits per heavy atom. The fourth-order valence-corrected chi connectivity index (χ4v) is 4.41. The molecule has 6 heteroatoms. The van der Waals surface area contributed by atoms with E-state index in [0.717, 1.165) is 23.9 Å². The van der Waals surface area contributed by atoms with Crippen molar-refractivity contribution in [2.75, 3.05) is 25.0 Å². The first-order valence-electron chi connectivity index (χ1n) is 6.40. The van der Waals surface area contributed by atoms with Crippen LogP contribution in [0.4, 0.5) is 5.13 Å². The summed E-state index contributed by atoms with van der Waals surface area (Å²) in [6.45, 7) is 4.37. The summed E-state index contributed by atoms with van der Waals surface area (Å²) >= 11 is 1.80. The third kappa shape index (κ3) is 1.30. The number of aromatic nitrogens is 3. The molecule has 2 atom stereocenters. The highest BCUT2D eigenvalue weighted by molar-refractivity contribution is 7.22. The monoisotopic (exact) mass is 263 g/mol. The number of rotatable bonds is 1. The van der Waals surface area contributed by atoms with E-state index < -0.39 is 0 Å². The van der Waals surface area contributed by atoms with Crippen LogP contribution >= 0.6 is 11.3 Å². The van der Waals surface area contributed by atoms with Crippen molar-refractivity contribution in [2.24, 2.45) is 7.05 Å². The van der Waals surface area contributed by atoms with E-state index in [2.05, 4.69) is 28.9 Å². The number of fused-ring (bicyclic) bond motifs is 3. The SMILES string of the molecule is Cc1nn(C)c2nc(N3C[C@@H]4C[C@H]3CN4C)sc12. The molecule has 5 nitrogen and oxygen atoms in total. The molecule has 0 amide bonds. The zero-order valence-electron chi connectivity index (χ0n) is 10.9. The average Bonchev–Trinajstić information content (AvgIpc) is 3.01. The number of thiazole rings is 1. The summed E-state index contributed by atoms with van der Waals surface area (Å²) in [7, 11) is 4.21. The van der Waals surface area contributed by atoms with Crippen molar-refractivity contribution in [3.05, 3.63) is 5.69 Å². The maximum atomic E-state index is 4.79. The zero-order chi connectivity index (χ0) is 12.4. The normalized spacial score (nSPS) is 27.8. The first kappa shape index (κ1) is 10.8. The minimum atomic E-state index is 0.661. The molecule has 18 heavy (non-hydrogen) atoms. The summed E-state index contributed by atoms with van der Waals surface area (Å²) in [5, 5.41) is 5.60. The molecule has 2 fully saturated rings. The standard InChI is InChI=1S/C12H17N5S/c1-7-10-11(16(3)14-7)13-12(18-10)17-6-8-4-9(17)5-15(8)2/h8-9H,4-6H2,1-3H3/t8-,9-/m0/s1.